The molecular formula is C17H20N4S. The molecule has 2 aliphatic rings. The first kappa shape index (κ1) is 7.62. The minimum atomic E-state index is -2.53. The standard InChI is InChI=1S/C17H20N4S/c1-12-11-13-16(21-9-7-20(2)8-10-21)18-14-5-3-4-6-15(14)19-17(13)22-12/h3-6,11,18H,7-10H2,1-2H3/i1D3,9D2,10D2,11D. The Labute approximate surface area is 145 Å². The lowest BCUT2D eigenvalue weighted by Gasteiger charge is -2.35. The number of benzene rings is 1. The Hall–Kier alpha value is -1.85. The zero-order valence-corrected chi connectivity index (χ0v) is 12.8. The van der Waals surface area contributed by atoms with E-state index >= 15 is 0 Å². The van der Waals surface area contributed by atoms with Crippen LogP contribution >= 0.6 is 11.3 Å². The molecule has 0 amide bonds. The number of para-hydroxylation sites is 2. The zero-order chi connectivity index (χ0) is 22.1. The maximum atomic E-state index is 8.56. The molecule has 5 heteroatoms. The molecule has 22 heavy (non-hydrogen) atoms. The van der Waals surface area contributed by atoms with Gasteiger partial charge in [-0.3, -0.25) is 0 Å². The van der Waals surface area contributed by atoms with Crippen molar-refractivity contribution in [3.63, 3.8) is 0 Å². The first-order chi connectivity index (χ1) is 13.8. The van der Waals surface area contributed by atoms with Gasteiger partial charge in [0, 0.05) is 35.1 Å². The molecule has 1 fully saturated rings. The van der Waals surface area contributed by atoms with Gasteiger partial charge >= 0.3 is 0 Å². The minimum absolute atomic E-state index is 0.0125. The Balaban J connectivity index is 2.09. The third-order valence-corrected chi connectivity index (χ3v) is 4.28. The lowest BCUT2D eigenvalue weighted by molar-refractivity contribution is 0.206. The molecule has 1 aromatic heterocycles. The fourth-order valence-corrected chi connectivity index (χ4v) is 3.12. The quantitative estimate of drug-likeness (QED) is 0.868. The van der Waals surface area contributed by atoms with E-state index in [0.29, 0.717) is 11.4 Å². The molecule has 2 aliphatic heterocycles. The number of nitrogens with zero attached hydrogens (tertiary/aromatic N) is 3. The molecule has 3 heterocycles. The summed E-state index contributed by atoms with van der Waals surface area (Å²) < 4.78 is 66.3. The van der Waals surface area contributed by atoms with Crippen LogP contribution in [0.4, 0.5) is 11.4 Å². The van der Waals surface area contributed by atoms with E-state index < -0.39 is 19.8 Å². The van der Waals surface area contributed by atoms with E-state index in [1.807, 2.05) is 0 Å². The molecule has 0 bridgehead atoms. The molecule has 4 rings (SSSR count). The van der Waals surface area contributed by atoms with Gasteiger partial charge in [0.1, 0.15) is 10.5 Å². The SMILES string of the molecule is [2H]c1c(C([2H])([2H])[2H])sc2c1=C(N1C([2H])([2H])CN(C)CC1([2H])[2H])Nc1ccccc1N=2. The molecule has 2 aromatic rings. The van der Waals surface area contributed by atoms with E-state index in [1.165, 1.54) is 0 Å². The van der Waals surface area contributed by atoms with Crippen molar-refractivity contribution >= 4 is 28.5 Å². The molecule has 1 aromatic carbocycles. The smallest absolute Gasteiger partial charge is 0.127 e. The van der Waals surface area contributed by atoms with Gasteiger partial charge in [0.2, 0.25) is 0 Å². The monoisotopic (exact) mass is 320 g/mol. The van der Waals surface area contributed by atoms with E-state index in [9.17, 15) is 0 Å². The highest BCUT2D eigenvalue weighted by Crippen LogP contribution is 2.27. The topological polar surface area (TPSA) is 30.9 Å². The number of anilines is 1. The average Bonchev–Trinajstić information content (AvgIpc) is 2.80. The van der Waals surface area contributed by atoms with Crippen LogP contribution < -0.4 is 15.2 Å². The Morgan fingerprint density at radius 2 is 2.18 bits per heavy atom. The highest BCUT2D eigenvalue weighted by Gasteiger charge is 2.20. The van der Waals surface area contributed by atoms with Crippen molar-refractivity contribution in [2.45, 2.75) is 6.85 Å². The van der Waals surface area contributed by atoms with Crippen LogP contribution in [0.3, 0.4) is 0 Å². The third kappa shape index (κ3) is 2.40. The number of likely N-dealkylation sites (N-methyl/N-ethyl adjacent to an activating group) is 1. The molecule has 0 radical (unpaired) electrons. The number of aryl methyl sites for hydroxylation is 1. The summed E-state index contributed by atoms with van der Waals surface area (Å²) in [6.45, 7) is -6.90. The van der Waals surface area contributed by atoms with Gasteiger partial charge < -0.3 is 15.1 Å². The highest BCUT2D eigenvalue weighted by molar-refractivity contribution is 7.09. The minimum Gasteiger partial charge on any atom is -0.355 e. The normalized spacial score (nSPS) is 28.6. The van der Waals surface area contributed by atoms with Crippen molar-refractivity contribution in [2.24, 2.45) is 4.99 Å². The van der Waals surface area contributed by atoms with Gasteiger partial charge in [-0.25, -0.2) is 4.99 Å². The summed E-state index contributed by atoms with van der Waals surface area (Å²) >= 11 is 0.855. The van der Waals surface area contributed by atoms with E-state index in [1.54, 1.807) is 36.2 Å². The van der Waals surface area contributed by atoms with Crippen LogP contribution in [0.25, 0.3) is 5.82 Å². The van der Waals surface area contributed by atoms with E-state index in [2.05, 4.69) is 10.3 Å². The number of rotatable bonds is 1. The van der Waals surface area contributed by atoms with E-state index in [0.717, 1.165) is 16.2 Å². The van der Waals surface area contributed by atoms with Gasteiger partial charge in [-0.2, -0.15) is 0 Å². The predicted octanol–water partition coefficient (Wildman–Crippen LogP) is 1.75. The second kappa shape index (κ2) is 5.41. The van der Waals surface area contributed by atoms with Crippen LogP contribution in [-0.2, 0) is 0 Å². The Morgan fingerprint density at radius 1 is 1.36 bits per heavy atom. The van der Waals surface area contributed by atoms with E-state index in [4.69, 9.17) is 11.0 Å². The average molecular weight is 320 g/mol. The van der Waals surface area contributed by atoms with Crippen LogP contribution in [0.15, 0.2) is 35.3 Å². The summed E-state index contributed by atoms with van der Waals surface area (Å²) in [4.78, 5) is 6.93. The fourth-order valence-electron chi connectivity index (χ4n) is 2.38. The summed E-state index contributed by atoms with van der Waals surface area (Å²) in [5.41, 5.74) is 1.03. The Kier molecular flexibility index (Phi) is 1.87. The molecule has 0 saturated carbocycles. The van der Waals surface area contributed by atoms with E-state index in [-0.39, 0.29) is 39.7 Å². The molecule has 1 N–H and O–H groups in total. The third-order valence-electron chi connectivity index (χ3n) is 3.49. The van der Waals surface area contributed by atoms with Crippen molar-refractivity contribution in [3.05, 3.63) is 45.1 Å². The van der Waals surface area contributed by atoms with Crippen LogP contribution in [0.5, 0.6) is 0 Å². The van der Waals surface area contributed by atoms with Gasteiger partial charge in [0.25, 0.3) is 0 Å². The molecule has 1 saturated heterocycles. The zero-order valence-electron chi connectivity index (χ0n) is 20.0. The first-order valence-electron chi connectivity index (χ1n) is 10.9. The number of hydrogen-bond donors (Lipinski definition) is 1. The van der Waals surface area contributed by atoms with Gasteiger partial charge in [-0.05, 0) is 32.1 Å². The first-order valence-corrected chi connectivity index (χ1v) is 7.71. The van der Waals surface area contributed by atoms with Crippen LogP contribution in [0, 0.1) is 6.85 Å². The second-order valence-corrected chi connectivity index (χ2v) is 6.16. The number of fused-ring (bicyclic) bond motifs is 2. The molecule has 0 atom stereocenters. The van der Waals surface area contributed by atoms with Crippen LogP contribution in [0.1, 0.15) is 15.8 Å². The van der Waals surface area contributed by atoms with Crippen molar-refractivity contribution in [2.75, 3.05) is 38.4 Å². The molecular weight excluding hydrogens is 292 g/mol. The summed E-state index contributed by atoms with van der Waals surface area (Å²) in [5.74, 6) is 0.0125. The summed E-state index contributed by atoms with van der Waals surface area (Å²) in [6, 6.07) is 6.69. The summed E-state index contributed by atoms with van der Waals surface area (Å²) in [5, 5.41) is 3.17. The predicted molar refractivity (Wildman–Crippen MR) is 92.0 cm³/mol. The molecule has 0 unspecified atom stereocenters. The number of nitrogens with one attached hydrogen (secondary N) is 1. The Morgan fingerprint density at radius 3 is 3.00 bits per heavy atom. The highest BCUT2D eigenvalue weighted by atomic mass is 32.1. The molecule has 0 aliphatic carbocycles. The van der Waals surface area contributed by atoms with Crippen LogP contribution in [-0.4, -0.2) is 42.9 Å². The lowest BCUT2D eigenvalue weighted by atomic mass is 10.2. The number of hydrogen-bond acceptors (Lipinski definition) is 5. The lowest BCUT2D eigenvalue weighted by Crippen LogP contribution is -2.47. The van der Waals surface area contributed by atoms with Gasteiger partial charge in [-0.1, -0.05) is 12.1 Å². The van der Waals surface area contributed by atoms with Crippen molar-refractivity contribution in [3.8, 4) is 0 Å². The molecule has 114 valence electrons. The van der Waals surface area contributed by atoms with Crippen molar-refractivity contribution in [1.82, 2.24) is 9.80 Å². The largest absolute Gasteiger partial charge is 0.355 e. The second-order valence-electron chi connectivity index (χ2n) is 5.16. The maximum absolute atomic E-state index is 8.56. The van der Waals surface area contributed by atoms with Gasteiger partial charge in [0.15, 0.2) is 0 Å². The maximum Gasteiger partial charge on any atom is 0.127 e. The van der Waals surface area contributed by atoms with Crippen LogP contribution in [0.2, 0.25) is 0 Å². The molecule has 0 spiro atoms. The van der Waals surface area contributed by atoms with Crippen molar-refractivity contribution in [1.29, 1.82) is 0 Å². The fraction of sp³-hybridized carbons (Fsp3) is 0.353. The van der Waals surface area contributed by atoms with Gasteiger partial charge in [-0.15, -0.1) is 11.3 Å². The summed E-state index contributed by atoms with van der Waals surface area (Å²) in [6.07, 6.45) is 0. The Bertz CT molecular complexity index is 1110. The van der Waals surface area contributed by atoms with Crippen molar-refractivity contribution < 1.29 is 11.0 Å². The summed E-state index contributed by atoms with van der Waals surface area (Å²) in [7, 11) is 1.64. The molecule has 4 nitrogen and oxygen atoms in total. The number of piperazine rings is 1. The van der Waals surface area contributed by atoms with Gasteiger partial charge in [0.05, 0.1) is 23.4 Å². The number of thiophene rings is 1.